The number of carbonyl (C=O) groups excluding carboxylic acids is 1. The molecule has 0 aliphatic carbocycles. The van der Waals surface area contributed by atoms with Crippen molar-refractivity contribution in [2.45, 2.75) is 39.2 Å². The highest BCUT2D eigenvalue weighted by Gasteiger charge is 2.34. The van der Waals surface area contributed by atoms with Crippen LogP contribution in [-0.2, 0) is 10.2 Å². The molecule has 1 rings (SSSR count). The third kappa shape index (κ3) is 3.35. The lowest BCUT2D eigenvalue weighted by Crippen LogP contribution is -2.47. The smallest absolute Gasteiger partial charge is 0.232 e. The first kappa shape index (κ1) is 15.2. The number of nitrogens with zero attached hydrogens (tertiary/aromatic N) is 1. The average Bonchev–Trinajstić information content (AvgIpc) is 2.35. The molecule has 0 spiro atoms. The van der Waals surface area contributed by atoms with Crippen LogP contribution >= 0.6 is 15.9 Å². The standard InChI is InChI=1S/C15H22BrNO/c1-12(2)17(11-10-16)14(18)15(3,4)13-8-6-5-7-9-13/h5-9,12H,10-11H2,1-4H3. The van der Waals surface area contributed by atoms with E-state index >= 15 is 0 Å². The SMILES string of the molecule is CC(C)N(CCBr)C(=O)C(C)(C)c1ccccc1. The maximum atomic E-state index is 12.7. The van der Waals surface area contributed by atoms with Gasteiger partial charge in [-0.25, -0.2) is 0 Å². The van der Waals surface area contributed by atoms with Crippen LogP contribution in [0.4, 0.5) is 0 Å². The van der Waals surface area contributed by atoms with Gasteiger partial charge in [-0.2, -0.15) is 0 Å². The van der Waals surface area contributed by atoms with Crippen molar-refractivity contribution in [1.82, 2.24) is 4.90 Å². The second-order valence-corrected chi connectivity index (χ2v) is 6.07. The molecule has 0 unspecified atom stereocenters. The normalized spacial score (nSPS) is 11.7. The van der Waals surface area contributed by atoms with E-state index in [9.17, 15) is 4.79 Å². The highest BCUT2D eigenvalue weighted by molar-refractivity contribution is 9.09. The second-order valence-electron chi connectivity index (χ2n) is 5.27. The number of hydrogen-bond acceptors (Lipinski definition) is 1. The number of hydrogen-bond donors (Lipinski definition) is 0. The van der Waals surface area contributed by atoms with Crippen molar-refractivity contribution < 1.29 is 4.79 Å². The summed E-state index contributed by atoms with van der Waals surface area (Å²) < 4.78 is 0. The van der Waals surface area contributed by atoms with Gasteiger partial charge in [-0.1, -0.05) is 46.3 Å². The molecule has 1 amide bonds. The Morgan fingerprint density at radius 1 is 1.28 bits per heavy atom. The minimum Gasteiger partial charge on any atom is -0.339 e. The van der Waals surface area contributed by atoms with E-state index in [0.717, 1.165) is 17.4 Å². The van der Waals surface area contributed by atoms with Gasteiger partial charge in [0.25, 0.3) is 0 Å². The number of benzene rings is 1. The Hall–Kier alpha value is -0.830. The Morgan fingerprint density at radius 2 is 1.83 bits per heavy atom. The zero-order valence-electron chi connectivity index (χ0n) is 11.6. The second kappa shape index (κ2) is 6.37. The molecule has 0 fully saturated rings. The quantitative estimate of drug-likeness (QED) is 0.761. The maximum Gasteiger partial charge on any atom is 0.232 e. The van der Waals surface area contributed by atoms with Gasteiger partial charge in [-0.3, -0.25) is 4.79 Å². The lowest BCUT2D eigenvalue weighted by atomic mass is 9.83. The molecule has 0 bridgehead atoms. The highest BCUT2D eigenvalue weighted by atomic mass is 79.9. The molecular weight excluding hydrogens is 290 g/mol. The minimum absolute atomic E-state index is 0.183. The van der Waals surface area contributed by atoms with E-state index in [1.807, 2.05) is 49.1 Å². The van der Waals surface area contributed by atoms with Crippen LogP contribution < -0.4 is 0 Å². The molecule has 100 valence electrons. The van der Waals surface area contributed by atoms with Gasteiger partial charge in [-0.05, 0) is 33.3 Å². The molecule has 1 aromatic rings. The van der Waals surface area contributed by atoms with Crippen LogP contribution in [0.1, 0.15) is 33.3 Å². The Labute approximate surface area is 119 Å². The van der Waals surface area contributed by atoms with Crippen molar-refractivity contribution >= 4 is 21.8 Å². The predicted octanol–water partition coefficient (Wildman–Crippen LogP) is 3.60. The van der Waals surface area contributed by atoms with Gasteiger partial charge in [0.15, 0.2) is 0 Å². The molecular formula is C15H22BrNO. The first-order valence-corrected chi connectivity index (χ1v) is 7.46. The lowest BCUT2D eigenvalue weighted by molar-refractivity contribution is -0.137. The van der Waals surface area contributed by atoms with Crippen molar-refractivity contribution in [2.75, 3.05) is 11.9 Å². The van der Waals surface area contributed by atoms with Gasteiger partial charge >= 0.3 is 0 Å². The Bertz CT molecular complexity index is 387. The van der Waals surface area contributed by atoms with Crippen LogP contribution in [0.15, 0.2) is 30.3 Å². The molecule has 0 saturated heterocycles. The molecule has 0 aliphatic heterocycles. The van der Waals surface area contributed by atoms with E-state index in [1.54, 1.807) is 0 Å². The first-order chi connectivity index (χ1) is 8.41. The maximum absolute atomic E-state index is 12.7. The summed E-state index contributed by atoms with van der Waals surface area (Å²) in [4.78, 5) is 14.6. The van der Waals surface area contributed by atoms with Crippen LogP contribution in [-0.4, -0.2) is 28.7 Å². The fraction of sp³-hybridized carbons (Fsp3) is 0.533. The summed E-state index contributed by atoms with van der Waals surface area (Å²) in [6.45, 7) is 8.85. The Morgan fingerprint density at radius 3 is 2.28 bits per heavy atom. The van der Waals surface area contributed by atoms with Crippen LogP contribution in [0.3, 0.4) is 0 Å². The predicted molar refractivity (Wildman–Crippen MR) is 80.1 cm³/mol. The van der Waals surface area contributed by atoms with Crippen LogP contribution in [0.25, 0.3) is 0 Å². The van der Waals surface area contributed by atoms with E-state index in [2.05, 4.69) is 29.8 Å². The van der Waals surface area contributed by atoms with Crippen molar-refractivity contribution in [3.05, 3.63) is 35.9 Å². The Kier molecular flexibility index (Phi) is 5.39. The first-order valence-electron chi connectivity index (χ1n) is 6.33. The van der Waals surface area contributed by atoms with E-state index in [-0.39, 0.29) is 11.9 Å². The zero-order chi connectivity index (χ0) is 13.8. The molecule has 0 radical (unpaired) electrons. The van der Waals surface area contributed by atoms with Gasteiger partial charge in [0.05, 0.1) is 5.41 Å². The number of carbonyl (C=O) groups is 1. The summed E-state index contributed by atoms with van der Waals surface area (Å²) in [5.41, 5.74) is 0.587. The fourth-order valence-corrected chi connectivity index (χ4v) is 2.40. The van der Waals surface area contributed by atoms with E-state index in [1.165, 1.54) is 0 Å². The number of amides is 1. The topological polar surface area (TPSA) is 20.3 Å². The zero-order valence-corrected chi connectivity index (χ0v) is 13.2. The van der Waals surface area contributed by atoms with Gasteiger partial charge in [-0.15, -0.1) is 0 Å². The van der Waals surface area contributed by atoms with Gasteiger partial charge in [0, 0.05) is 17.9 Å². The molecule has 0 atom stereocenters. The fourth-order valence-electron chi connectivity index (χ4n) is 2.02. The van der Waals surface area contributed by atoms with Crippen molar-refractivity contribution in [1.29, 1.82) is 0 Å². The van der Waals surface area contributed by atoms with E-state index < -0.39 is 5.41 Å². The molecule has 1 aromatic carbocycles. The van der Waals surface area contributed by atoms with Gasteiger partial charge < -0.3 is 4.90 Å². The van der Waals surface area contributed by atoms with Crippen molar-refractivity contribution in [2.24, 2.45) is 0 Å². The molecule has 2 nitrogen and oxygen atoms in total. The van der Waals surface area contributed by atoms with E-state index in [4.69, 9.17) is 0 Å². The Balaban J connectivity index is 3.00. The van der Waals surface area contributed by atoms with Crippen LogP contribution in [0, 0.1) is 0 Å². The molecule has 0 saturated carbocycles. The molecule has 0 N–H and O–H groups in total. The number of alkyl halides is 1. The summed E-state index contributed by atoms with van der Waals surface area (Å²) in [5.74, 6) is 0.183. The van der Waals surface area contributed by atoms with Crippen LogP contribution in [0.5, 0.6) is 0 Å². The van der Waals surface area contributed by atoms with Crippen molar-refractivity contribution in [3.63, 3.8) is 0 Å². The molecule has 18 heavy (non-hydrogen) atoms. The average molecular weight is 312 g/mol. The van der Waals surface area contributed by atoms with E-state index in [0.29, 0.717) is 0 Å². The molecule has 0 aromatic heterocycles. The number of rotatable bonds is 5. The van der Waals surface area contributed by atoms with Crippen LogP contribution in [0.2, 0.25) is 0 Å². The largest absolute Gasteiger partial charge is 0.339 e. The summed E-state index contributed by atoms with van der Waals surface area (Å²) >= 11 is 3.42. The van der Waals surface area contributed by atoms with Gasteiger partial charge in [0.1, 0.15) is 0 Å². The summed E-state index contributed by atoms with van der Waals surface area (Å²) in [6, 6.07) is 10.2. The highest BCUT2D eigenvalue weighted by Crippen LogP contribution is 2.26. The monoisotopic (exact) mass is 311 g/mol. The van der Waals surface area contributed by atoms with Gasteiger partial charge in [0.2, 0.25) is 5.91 Å². The summed E-state index contributed by atoms with van der Waals surface area (Å²) in [6.07, 6.45) is 0. The third-order valence-electron chi connectivity index (χ3n) is 3.24. The molecule has 0 aliphatic rings. The molecule has 3 heteroatoms. The summed E-state index contributed by atoms with van der Waals surface area (Å²) in [7, 11) is 0. The van der Waals surface area contributed by atoms with Crippen molar-refractivity contribution in [3.8, 4) is 0 Å². The third-order valence-corrected chi connectivity index (χ3v) is 3.59. The summed E-state index contributed by atoms with van der Waals surface area (Å²) in [5, 5.41) is 0.807. The lowest BCUT2D eigenvalue weighted by Gasteiger charge is -2.34. The number of halogens is 1. The minimum atomic E-state index is -0.478. The molecule has 0 heterocycles.